The average molecular weight is 547 g/mol. The molecule has 0 aliphatic carbocycles. The number of anilines is 1. The van der Waals surface area contributed by atoms with Crippen LogP contribution in [0.25, 0.3) is 11.0 Å². The van der Waals surface area contributed by atoms with E-state index in [9.17, 15) is 19.1 Å². The molecule has 1 fully saturated rings. The lowest BCUT2D eigenvalue weighted by Gasteiger charge is -2.36. The Kier molecular flexibility index (Phi) is 8.02. The van der Waals surface area contributed by atoms with Crippen LogP contribution < -0.4 is 15.1 Å². The highest BCUT2D eigenvalue weighted by atomic mass is 19.1. The molecule has 4 aromatic rings. The predicted octanol–water partition coefficient (Wildman–Crippen LogP) is 5.63. The van der Waals surface area contributed by atoms with Gasteiger partial charge in [0.2, 0.25) is 11.2 Å². The zero-order valence-electron chi connectivity index (χ0n) is 22.5. The van der Waals surface area contributed by atoms with Crippen molar-refractivity contribution >= 4 is 22.6 Å². The number of fused-ring (bicyclic) bond motifs is 1. The zero-order valence-corrected chi connectivity index (χ0v) is 22.5. The van der Waals surface area contributed by atoms with Crippen LogP contribution in [0.2, 0.25) is 0 Å². The van der Waals surface area contributed by atoms with E-state index in [-0.39, 0.29) is 33.9 Å². The first kappa shape index (κ1) is 27.2. The summed E-state index contributed by atoms with van der Waals surface area (Å²) in [6, 6.07) is 16.1. The van der Waals surface area contributed by atoms with E-state index in [4.69, 9.17) is 13.9 Å². The Morgan fingerprint density at radius 1 is 1.02 bits per heavy atom. The molecule has 1 saturated heterocycles. The monoisotopic (exact) mass is 546 g/mol. The molecule has 3 aromatic carbocycles. The number of esters is 1. The van der Waals surface area contributed by atoms with Gasteiger partial charge in [-0.05, 0) is 61.9 Å². The summed E-state index contributed by atoms with van der Waals surface area (Å²) in [5.41, 5.74) is 1.42. The second-order valence-electron chi connectivity index (χ2n) is 9.73. The second-order valence-corrected chi connectivity index (χ2v) is 9.73. The zero-order chi connectivity index (χ0) is 28.2. The summed E-state index contributed by atoms with van der Waals surface area (Å²) in [4.78, 5) is 29.6. The first-order chi connectivity index (χ1) is 19.4. The van der Waals surface area contributed by atoms with E-state index >= 15 is 0 Å². The number of para-hydroxylation sites is 1. The number of phenols is 1. The van der Waals surface area contributed by atoms with E-state index in [1.54, 1.807) is 43.3 Å². The van der Waals surface area contributed by atoms with Crippen LogP contribution in [0.15, 0.2) is 69.9 Å². The Hall–Kier alpha value is -4.37. The number of phenolic OH excluding ortho intramolecular Hbond substituents is 1. The second kappa shape index (κ2) is 11.8. The molecular formula is C31H31FN2O6. The SMILES string of the molecule is CCCOC(=O)c1ccc(Oc2c(C)oc3c(CN4CCN(c5ccccc5F)CC4)c(O)ccc3c2=O)cc1. The van der Waals surface area contributed by atoms with E-state index < -0.39 is 5.97 Å². The van der Waals surface area contributed by atoms with Crippen molar-refractivity contribution in [3.05, 3.63) is 93.6 Å². The van der Waals surface area contributed by atoms with Gasteiger partial charge in [-0.25, -0.2) is 9.18 Å². The smallest absolute Gasteiger partial charge is 0.338 e. The number of benzene rings is 3. The number of carbonyl (C=O) groups is 1. The van der Waals surface area contributed by atoms with Gasteiger partial charge in [-0.2, -0.15) is 0 Å². The van der Waals surface area contributed by atoms with Gasteiger partial charge in [0.15, 0.2) is 0 Å². The van der Waals surface area contributed by atoms with Gasteiger partial charge in [-0.15, -0.1) is 0 Å². The minimum absolute atomic E-state index is 0.0314. The third kappa shape index (κ3) is 5.65. The largest absolute Gasteiger partial charge is 0.507 e. The molecule has 0 unspecified atom stereocenters. The number of piperazine rings is 1. The maximum Gasteiger partial charge on any atom is 0.338 e. The predicted molar refractivity (Wildman–Crippen MR) is 150 cm³/mol. The summed E-state index contributed by atoms with van der Waals surface area (Å²) in [6.07, 6.45) is 0.732. The number of nitrogens with zero attached hydrogens (tertiary/aromatic N) is 2. The molecular weight excluding hydrogens is 515 g/mol. The summed E-state index contributed by atoms with van der Waals surface area (Å²) < 4.78 is 31.3. The van der Waals surface area contributed by atoms with Crippen molar-refractivity contribution in [1.29, 1.82) is 0 Å². The Bertz CT molecular complexity index is 1580. The van der Waals surface area contributed by atoms with Crippen LogP contribution in [0, 0.1) is 12.7 Å². The standard InChI is InChI=1S/C31H31FN2O6/c1-3-18-38-31(37)21-8-10-22(11-9-21)40-29-20(2)39-30-23(28(29)36)12-13-27(35)24(30)19-33-14-16-34(17-15-33)26-7-5-4-6-25(26)32/h4-13,35H,3,14-19H2,1-2H3. The number of rotatable bonds is 8. The van der Waals surface area contributed by atoms with Crippen molar-refractivity contribution < 1.29 is 28.2 Å². The van der Waals surface area contributed by atoms with E-state index in [1.807, 2.05) is 17.9 Å². The quantitative estimate of drug-likeness (QED) is 0.285. The molecule has 208 valence electrons. The van der Waals surface area contributed by atoms with E-state index in [1.165, 1.54) is 18.2 Å². The van der Waals surface area contributed by atoms with E-state index in [2.05, 4.69) is 4.90 Å². The fourth-order valence-electron chi connectivity index (χ4n) is 4.80. The molecule has 1 aromatic heterocycles. The highest BCUT2D eigenvalue weighted by Crippen LogP contribution is 2.32. The maximum atomic E-state index is 14.2. The maximum absolute atomic E-state index is 14.2. The average Bonchev–Trinajstić information content (AvgIpc) is 2.96. The molecule has 1 aliphatic rings. The molecule has 40 heavy (non-hydrogen) atoms. The van der Waals surface area contributed by atoms with Gasteiger partial charge in [-0.1, -0.05) is 19.1 Å². The molecule has 0 atom stereocenters. The third-order valence-corrected chi connectivity index (χ3v) is 6.96. The normalized spacial score (nSPS) is 13.9. The topological polar surface area (TPSA) is 92.5 Å². The van der Waals surface area contributed by atoms with Crippen molar-refractivity contribution in [2.75, 3.05) is 37.7 Å². The van der Waals surface area contributed by atoms with Gasteiger partial charge in [0.05, 0.1) is 28.8 Å². The van der Waals surface area contributed by atoms with Crippen molar-refractivity contribution in [2.45, 2.75) is 26.8 Å². The molecule has 2 heterocycles. The first-order valence-electron chi connectivity index (χ1n) is 13.3. The molecule has 1 N–H and O–H groups in total. The Morgan fingerprint density at radius 2 is 1.75 bits per heavy atom. The van der Waals surface area contributed by atoms with Gasteiger partial charge < -0.3 is 23.9 Å². The Labute approximate surface area is 231 Å². The number of ether oxygens (including phenoxy) is 2. The number of aryl methyl sites for hydroxylation is 1. The summed E-state index contributed by atoms with van der Waals surface area (Å²) in [7, 11) is 0. The Morgan fingerprint density at radius 3 is 2.45 bits per heavy atom. The van der Waals surface area contributed by atoms with Crippen LogP contribution in [0.5, 0.6) is 17.2 Å². The van der Waals surface area contributed by atoms with E-state index in [0.717, 1.165) is 6.42 Å². The first-order valence-corrected chi connectivity index (χ1v) is 13.3. The Balaban J connectivity index is 1.34. The van der Waals surface area contributed by atoms with Gasteiger partial charge >= 0.3 is 5.97 Å². The molecule has 0 spiro atoms. The van der Waals surface area contributed by atoms with Crippen LogP contribution in [-0.2, 0) is 11.3 Å². The van der Waals surface area contributed by atoms with Crippen molar-refractivity contribution in [1.82, 2.24) is 4.90 Å². The fraction of sp³-hybridized carbons (Fsp3) is 0.290. The number of hydrogen-bond acceptors (Lipinski definition) is 8. The summed E-state index contributed by atoms with van der Waals surface area (Å²) in [5.74, 6) is 0.0301. The lowest BCUT2D eigenvalue weighted by atomic mass is 10.1. The molecule has 8 nitrogen and oxygen atoms in total. The van der Waals surface area contributed by atoms with Crippen LogP contribution in [0.4, 0.5) is 10.1 Å². The lowest BCUT2D eigenvalue weighted by Crippen LogP contribution is -2.46. The van der Waals surface area contributed by atoms with Gasteiger partial charge in [0, 0.05) is 32.7 Å². The van der Waals surface area contributed by atoms with Crippen LogP contribution in [0.3, 0.4) is 0 Å². The fourth-order valence-corrected chi connectivity index (χ4v) is 4.80. The van der Waals surface area contributed by atoms with Gasteiger partial charge in [0.1, 0.15) is 28.7 Å². The van der Waals surface area contributed by atoms with Crippen LogP contribution >= 0.6 is 0 Å². The van der Waals surface area contributed by atoms with Crippen molar-refractivity contribution in [3.8, 4) is 17.2 Å². The number of carbonyl (C=O) groups excluding carboxylic acids is 1. The molecule has 0 saturated carbocycles. The molecule has 0 bridgehead atoms. The van der Waals surface area contributed by atoms with Crippen LogP contribution in [-0.4, -0.2) is 48.8 Å². The molecule has 1 aliphatic heterocycles. The minimum Gasteiger partial charge on any atom is -0.507 e. The van der Waals surface area contributed by atoms with Gasteiger partial charge in [-0.3, -0.25) is 9.69 Å². The molecule has 0 radical (unpaired) electrons. The van der Waals surface area contributed by atoms with Crippen molar-refractivity contribution in [2.24, 2.45) is 0 Å². The highest BCUT2D eigenvalue weighted by Gasteiger charge is 2.23. The highest BCUT2D eigenvalue weighted by molar-refractivity contribution is 5.89. The summed E-state index contributed by atoms with van der Waals surface area (Å²) >= 11 is 0. The van der Waals surface area contributed by atoms with Gasteiger partial charge in [0.25, 0.3) is 0 Å². The molecule has 9 heteroatoms. The number of hydrogen-bond donors (Lipinski definition) is 1. The number of aromatic hydroxyl groups is 1. The lowest BCUT2D eigenvalue weighted by molar-refractivity contribution is 0.0505. The third-order valence-electron chi connectivity index (χ3n) is 6.96. The van der Waals surface area contributed by atoms with Crippen LogP contribution in [0.1, 0.15) is 35.0 Å². The minimum atomic E-state index is -0.421. The van der Waals surface area contributed by atoms with E-state index in [0.29, 0.717) is 67.5 Å². The molecule has 5 rings (SSSR count). The summed E-state index contributed by atoms with van der Waals surface area (Å²) in [5, 5.41) is 11.0. The summed E-state index contributed by atoms with van der Waals surface area (Å²) in [6.45, 7) is 6.82. The van der Waals surface area contributed by atoms with Crippen molar-refractivity contribution in [3.63, 3.8) is 0 Å². The number of halogens is 1. The molecule has 0 amide bonds.